The summed E-state index contributed by atoms with van der Waals surface area (Å²) in [6.07, 6.45) is 0.616. The highest BCUT2D eigenvalue weighted by atomic mass is 19.1. The first-order chi connectivity index (χ1) is 9.56. The van der Waals surface area contributed by atoms with Crippen LogP contribution < -0.4 is 10.6 Å². The van der Waals surface area contributed by atoms with Crippen LogP contribution in [0.15, 0.2) is 18.2 Å². The van der Waals surface area contributed by atoms with E-state index in [1.54, 1.807) is 0 Å². The predicted molar refractivity (Wildman–Crippen MR) is 72.2 cm³/mol. The van der Waals surface area contributed by atoms with Crippen LogP contribution in [0, 0.1) is 23.1 Å². The molecule has 0 bridgehead atoms. The summed E-state index contributed by atoms with van der Waals surface area (Å²) in [5, 5.41) is 22.5. The number of aliphatic hydroxyl groups excluding tert-OH is 1. The number of nitrogens with one attached hydrogen (secondary N) is 2. The van der Waals surface area contributed by atoms with Gasteiger partial charge in [-0.15, -0.1) is 0 Å². The van der Waals surface area contributed by atoms with Gasteiger partial charge in [0.25, 0.3) is 0 Å². The van der Waals surface area contributed by atoms with E-state index < -0.39 is 11.8 Å². The number of nitrogens with zero attached hydrogens (tertiary/aromatic N) is 1. The summed E-state index contributed by atoms with van der Waals surface area (Å²) < 4.78 is 13.6. The maximum atomic E-state index is 13.6. The van der Waals surface area contributed by atoms with Crippen LogP contribution in [-0.4, -0.2) is 24.3 Å². The van der Waals surface area contributed by atoms with Crippen LogP contribution in [-0.2, 0) is 6.54 Å². The van der Waals surface area contributed by atoms with E-state index in [1.807, 2.05) is 13.0 Å². The molecular formula is C14H18FN3O2. The molecule has 20 heavy (non-hydrogen) atoms. The number of carbonyl (C=O) groups excluding carboxylic acids is 1. The monoisotopic (exact) mass is 279 g/mol. The second kappa shape index (κ2) is 8.12. The highest BCUT2D eigenvalue weighted by Gasteiger charge is 2.07. The normalized spacial score (nSPS) is 11.5. The van der Waals surface area contributed by atoms with Gasteiger partial charge in [-0.1, -0.05) is 13.0 Å². The minimum Gasteiger partial charge on any atom is -0.396 e. The van der Waals surface area contributed by atoms with Crippen molar-refractivity contribution in [3.8, 4) is 6.07 Å². The van der Waals surface area contributed by atoms with E-state index >= 15 is 0 Å². The van der Waals surface area contributed by atoms with Gasteiger partial charge in [0.2, 0.25) is 0 Å². The molecule has 5 nitrogen and oxygen atoms in total. The lowest BCUT2D eigenvalue weighted by Crippen LogP contribution is -2.37. The smallest absolute Gasteiger partial charge is 0.315 e. The summed E-state index contributed by atoms with van der Waals surface area (Å²) in [5.41, 5.74) is 0.566. The Morgan fingerprint density at radius 1 is 1.50 bits per heavy atom. The lowest BCUT2D eigenvalue weighted by Gasteiger charge is -2.12. The third-order valence-corrected chi connectivity index (χ3v) is 2.85. The second-order valence-electron chi connectivity index (χ2n) is 4.60. The Morgan fingerprint density at radius 3 is 2.85 bits per heavy atom. The van der Waals surface area contributed by atoms with Gasteiger partial charge in [-0.05, 0) is 24.5 Å². The van der Waals surface area contributed by atoms with Crippen LogP contribution in [0.25, 0.3) is 0 Å². The van der Waals surface area contributed by atoms with Gasteiger partial charge in [0.1, 0.15) is 5.82 Å². The van der Waals surface area contributed by atoms with Gasteiger partial charge in [0.15, 0.2) is 0 Å². The first kappa shape index (κ1) is 15.9. The van der Waals surface area contributed by atoms with Gasteiger partial charge in [-0.3, -0.25) is 0 Å². The molecule has 0 heterocycles. The molecule has 0 saturated heterocycles. The molecule has 0 aliphatic heterocycles. The molecule has 0 aliphatic carbocycles. The van der Waals surface area contributed by atoms with Crippen LogP contribution in [0.4, 0.5) is 9.18 Å². The molecule has 108 valence electrons. The van der Waals surface area contributed by atoms with E-state index in [0.29, 0.717) is 18.5 Å². The molecule has 1 rings (SSSR count). The van der Waals surface area contributed by atoms with E-state index in [0.717, 1.165) is 6.07 Å². The lowest BCUT2D eigenvalue weighted by molar-refractivity contribution is 0.233. The summed E-state index contributed by atoms with van der Waals surface area (Å²) in [5.74, 6) is -0.338. The highest BCUT2D eigenvalue weighted by Crippen LogP contribution is 2.09. The summed E-state index contributed by atoms with van der Waals surface area (Å²) in [7, 11) is 0. The number of hydrogen-bond donors (Lipinski definition) is 3. The Bertz CT molecular complexity index is 500. The molecule has 0 aliphatic rings. The number of urea groups is 1. The molecule has 2 amide bonds. The van der Waals surface area contributed by atoms with Crippen molar-refractivity contribution < 1.29 is 14.3 Å². The van der Waals surface area contributed by atoms with Gasteiger partial charge in [0, 0.05) is 25.3 Å². The summed E-state index contributed by atoms with van der Waals surface area (Å²) >= 11 is 0. The van der Waals surface area contributed by atoms with Crippen LogP contribution >= 0.6 is 0 Å². The summed E-state index contributed by atoms with van der Waals surface area (Å²) in [6, 6.07) is 5.57. The molecule has 1 unspecified atom stereocenters. The van der Waals surface area contributed by atoms with Crippen molar-refractivity contribution in [2.45, 2.75) is 19.9 Å². The Balaban J connectivity index is 2.40. The fourth-order valence-electron chi connectivity index (χ4n) is 1.59. The lowest BCUT2D eigenvalue weighted by atomic mass is 10.1. The zero-order valence-corrected chi connectivity index (χ0v) is 11.3. The quantitative estimate of drug-likeness (QED) is 0.738. The van der Waals surface area contributed by atoms with Crippen LogP contribution in [0.2, 0.25) is 0 Å². The third kappa shape index (κ3) is 5.24. The Labute approximate surface area is 117 Å². The first-order valence-electron chi connectivity index (χ1n) is 6.38. The zero-order valence-electron chi connectivity index (χ0n) is 11.3. The van der Waals surface area contributed by atoms with Crippen molar-refractivity contribution in [1.82, 2.24) is 10.6 Å². The van der Waals surface area contributed by atoms with E-state index in [4.69, 9.17) is 10.4 Å². The second-order valence-corrected chi connectivity index (χ2v) is 4.60. The topological polar surface area (TPSA) is 85.2 Å². The van der Waals surface area contributed by atoms with Gasteiger partial charge in [-0.25, -0.2) is 9.18 Å². The van der Waals surface area contributed by atoms with Crippen molar-refractivity contribution in [2.75, 3.05) is 13.2 Å². The fraction of sp³-hybridized carbons (Fsp3) is 0.429. The molecule has 0 aromatic heterocycles. The van der Waals surface area contributed by atoms with Crippen molar-refractivity contribution in [3.05, 3.63) is 35.1 Å². The fourth-order valence-corrected chi connectivity index (χ4v) is 1.59. The molecular weight excluding hydrogens is 261 g/mol. The highest BCUT2D eigenvalue weighted by molar-refractivity contribution is 5.73. The minimum atomic E-state index is -0.516. The maximum Gasteiger partial charge on any atom is 0.315 e. The average Bonchev–Trinajstić information content (AvgIpc) is 2.44. The Morgan fingerprint density at radius 2 is 2.25 bits per heavy atom. The first-order valence-corrected chi connectivity index (χ1v) is 6.38. The van der Waals surface area contributed by atoms with Crippen LogP contribution in [0.1, 0.15) is 24.5 Å². The summed E-state index contributed by atoms with van der Waals surface area (Å²) in [6.45, 7) is 2.50. The van der Waals surface area contributed by atoms with E-state index in [9.17, 15) is 9.18 Å². The maximum absolute atomic E-state index is 13.6. The number of benzene rings is 1. The van der Waals surface area contributed by atoms with Gasteiger partial charge in [0.05, 0.1) is 11.6 Å². The van der Waals surface area contributed by atoms with Crippen molar-refractivity contribution in [1.29, 1.82) is 5.26 Å². The number of rotatable bonds is 6. The summed E-state index contributed by atoms with van der Waals surface area (Å²) in [4.78, 5) is 11.5. The molecule has 1 aromatic carbocycles. The standard InChI is InChI=1S/C14H18FN3O2/c1-10(4-5-19)8-17-14(20)18-9-12-3-2-11(7-16)6-13(12)15/h2-3,6,10,19H,4-5,8-9H2,1H3,(H2,17,18,20). The number of amides is 2. The average molecular weight is 279 g/mol. The molecule has 1 aromatic rings. The molecule has 6 heteroatoms. The van der Waals surface area contributed by atoms with Gasteiger partial charge < -0.3 is 15.7 Å². The zero-order chi connectivity index (χ0) is 15.0. The van der Waals surface area contributed by atoms with Gasteiger partial charge in [-0.2, -0.15) is 5.26 Å². The third-order valence-electron chi connectivity index (χ3n) is 2.85. The van der Waals surface area contributed by atoms with Crippen LogP contribution in [0.3, 0.4) is 0 Å². The van der Waals surface area contributed by atoms with Crippen molar-refractivity contribution in [3.63, 3.8) is 0 Å². The molecule has 1 atom stereocenters. The number of aliphatic hydroxyl groups is 1. The van der Waals surface area contributed by atoms with Gasteiger partial charge >= 0.3 is 6.03 Å². The molecule has 0 radical (unpaired) electrons. The van der Waals surface area contributed by atoms with E-state index in [-0.39, 0.29) is 24.6 Å². The Hall–Kier alpha value is -2.13. The van der Waals surface area contributed by atoms with Crippen LogP contribution in [0.5, 0.6) is 0 Å². The number of carbonyl (C=O) groups is 1. The van der Waals surface area contributed by atoms with E-state index in [1.165, 1.54) is 12.1 Å². The molecule has 0 fully saturated rings. The molecule has 0 saturated carbocycles. The Kier molecular flexibility index (Phi) is 6.47. The molecule has 0 spiro atoms. The predicted octanol–water partition coefficient (Wildman–Crippen LogP) is 1.52. The largest absolute Gasteiger partial charge is 0.396 e. The van der Waals surface area contributed by atoms with Crippen molar-refractivity contribution in [2.24, 2.45) is 5.92 Å². The SMILES string of the molecule is CC(CCO)CNC(=O)NCc1ccc(C#N)cc1F. The number of hydrogen-bond acceptors (Lipinski definition) is 3. The number of halogens is 1. The molecule has 3 N–H and O–H groups in total. The minimum absolute atomic E-state index is 0.0533. The number of nitriles is 1. The van der Waals surface area contributed by atoms with Crippen molar-refractivity contribution >= 4 is 6.03 Å². The van der Waals surface area contributed by atoms with E-state index in [2.05, 4.69) is 10.6 Å².